The molecule has 0 aromatic rings. The van der Waals surface area contributed by atoms with E-state index in [4.69, 9.17) is 0 Å². The standard InChI is InChI=1S/C16H29N3O3S/c20-16(13-5-1-2-6-13)19-10-4-8-15(12-19)23(21,22)18-11-14-7-3-9-17-14/h13-15,17-18H,1-12H2. The molecule has 0 aromatic heterocycles. The highest BCUT2D eigenvalue weighted by molar-refractivity contribution is 7.90. The lowest BCUT2D eigenvalue weighted by Gasteiger charge is -2.34. The second kappa shape index (κ2) is 7.49. The Morgan fingerprint density at radius 2 is 1.87 bits per heavy atom. The third-order valence-electron chi connectivity index (χ3n) is 5.53. The van der Waals surface area contributed by atoms with E-state index in [1.54, 1.807) is 4.90 Å². The van der Waals surface area contributed by atoms with Crippen LogP contribution in [0.25, 0.3) is 0 Å². The van der Waals surface area contributed by atoms with Crippen LogP contribution in [0.15, 0.2) is 0 Å². The van der Waals surface area contributed by atoms with Crippen LogP contribution in [-0.4, -0.2) is 56.7 Å². The molecule has 2 unspecified atom stereocenters. The molecule has 0 radical (unpaired) electrons. The van der Waals surface area contributed by atoms with Gasteiger partial charge in [-0.15, -0.1) is 0 Å². The van der Waals surface area contributed by atoms with Crippen molar-refractivity contribution in [1.82, 2.24) is 14.9 Å². The molecule has 0 aromatic carbocycles. The largest absolute Gasteiger partial charge is 0.341 e. The summed E-state index contributed by atoms with van der Waals surface area (Å²) < 4.78 is 27.9. The maximum absolute atomic E-state index is 12.6. The monoisotopic (exact) mass is 343 g/mol. The highest BCUT2D eigenvalue weighted by atomic mass is 32.2. The van der Waals surface area contributed by atoms with Gasteiger partial charge < -0.3 is 10.2 Å². The van der Waals surface area contributed by atoms with Gasteiger partial charge in [0.25, 0.3) is 0 Å². The first-order valence-electron chi connectivity index (χ1n) is 9.07. The Hall–Kier alpha value is -0.660. The van der Waals surface area contributed by atoms with Gasteiger partial charge in [0.2, 0.25) is 15.9 Å². The predicted octanol–water partition coefficient (Wildman–Crippen LogP) is 0.839. The quantitative estimate of drug-likeness (QED) is 0.775. The Bertz CT molecular complexity index is 511. The zero-order chi connectivity index (χ0) is 16.3. The van der Waals surface area contributed by atoms with E-state index >= 15 is 0 Å². The van der Waals surface area contributed by atoms with Crippen molar-refractivity contribution in [2.24, 2.45) is 5.92 Å². The van der Waals surface area contributed by atoms with E-state index in [1.807, 2.05) is 0 Å². The fourth-order valence-corrected chi connectivity index (χ4v) is 5.61. The van der Waals surface area contributed by atoms with E-state index in [-0.39, 0.29) is 17.9 Å². The second-order valence-corrected chi connectivity index (χ2v) is 9.26. The van der Waals surface area contributed by atoms with Crippen molar-refractivity contribution in [2.75, 3.05) is 26.2 Å². The smallest absolute Gasteiger partial charge is 0.225 e. The number of hydrogen-bond acceptors (Lipinski definition) is 4. The van der Waals surface area contributed by atoms with Gasteiger partial charge in [0.15, 0.2) is 0 Å². The summed E-state index contributed by atoms with van der Waals surface area (Å²) in [6.45, 7) is 2.52. The molecule has 6 nitrogen and oxygen atoms in total. The number of carbonyl (C=O) groups is 1. The van der Waals surface area contributed by atoms with Crippen molar-refractivity contribution >= 4 is 15.9 Å². The van der Waals surface area contributed by atoms with Crippen LogP contribution in [0.4, 0.5) is 0 Å². The molecular formula is C16H29N3O3S. The molecular weight excluding hydrogens is 314 g/mol. The van der Waals surface area contributed by atoms with Crippen LogP contribution in [0.1, 0.15) is 51.4 Å². The number of likely N-dealkylation sites (tertiary alicyclic amines) is 1. The molecule has 0 bridgehead atoms. The van der Waals surface area contributed by atoms with Crippen LogP contribution in [-0.2, 0) is 14.8 Å². The molecule has 2 atom stereocenters. The second-order valence-electron chi connectivity index (χ2n) is 7.22. The lowest BCUT2D eigenvalue weighted by Crippen LogP contribution is -2.50. The lowest BCUT2D eigenvalue weighted by atomic mass is 10.0. The zero-order valence-corrected chi connectivity index (χ0v) is 14.6. The van der Waals surface area contributed by atoms with Crippen LogP contribution in [0.2, 0.25) is 0 Å². The van der Waals surface area contributed by atoms with Gasteiger partial charge in [0.1, 0.15) is 0 Å². The molecule has 2 aliphatic heterocycles. The van der Waals surface area contributed by atoms with Crippen molar-refractivity contribution in [3.63, 3.8) is 0 Å². The Labute approximate surface area is 139 Å². The maximum Gasteiger partial charge on any atom is 0.225 e. The highest BCUT2D eigenvalue weighted by Crippen LogP contribution is 2.28. The van der Waals surface area contributed by atoms with Crippen LogP contribution in [0.3, 0.4) is 0 Å². The Morgan fingerprint density at radius 3 is 2.57 bits per heavy atom. The minimum atomic E-state index is -3.34. The Morgan fingerprint density at radius 1 is 1.09 bits per heavy atom. The van der Waals surface area contributed by atoms with Gasteiger partial charge in [-0.3, -0.25) is 4.79 Å². The van der Waals surface area contributed by atoms with Gasteiger partial charge in [-0.2, -0.15) is 0 Å². The van der Waals surface area contributed by atoms with Crippen molar-refractivity contribution in [1.29, 1.82) is 0 Å². The number of amides is 1. The van der Waals surface area contributed by atoms with Crippen LogP contribution >= 0.6 is 0 Å². The normalized spacial score (nSPS) is 30.0. The van der Waals surface area contributed by atoms with Crippen LogP contribution in [0, 0.1) is 5.92 Å². The van der Waals surface area contributed by atoms with Gasteiger partial charge in [-0.05, 0) is 45.1 Å². The van der Waals surface area contributed by atoms with Gasteiger partial charge in [-0.25, -0.2) is 13.1 Å². The molecule has 7 heteroatoms. The Balaban J connectivity index is 1.54. The molecule has 3 aliphatic rings. The number of piperidine rings is 1. The molecule has 1 amide bonds. The number of rotatable bonds is 5. The molecule has 132 valence electrons. The van der Waals surface area contributed by atoms with Crippen molar-refractivity contribution in [2.45, 2.75) is 62.7 Å². The fourth-order valence-electron chi connectivity index (χ4n) is 4.09. The first kappa shape index (κ1) is 17.2. The van der Waals surface area contributed by atoms with E-state index in [2.05, 4.69) is 10.0 Å². The summed E-state index contributed by atoms with van der Waals surface area (Å²) in [7, 11) is -3.34. The van der Waals surface area contributed by atoms with Gasteiger partial charge in [0.05, 0.1) is 5.25 Å². The summed E-state index contributed by atoms with van der Waals surface area (Å²) in [5.41, 5.74) is 0. The molecule has 1 saturated carbocycles. The molecule has 3 rings (SSSR count). The number of nitrogens with one attached hydrogen (secondary N) is 2. The highest BCUT2D eigenvalue weighted by Gasteiger charge is 2.35. The van der Waals surface area contributed by atoms with Crippen molar-refractivity contribution in [3.8, 4) is 0 Å². The molecule has 2 N–H and O–H groups in total. The van der Waals surface area contributed by atoms with E-state index in [9.17, 15) is 13.2 Å². The van der Waals surface area contributed by atoms with Gasteiger partial charge >= 0.3 is 0 Å². The zero-order valence-electron chi connectivity index (χ0n) is 13.8. The van der Waals surface area contributed by atoms with Gasteiger partial charge in [-0.1, -0.05) is 12.8 Å². The SMILES string of the molecule is O=C(C1CCCC1)N1CCCC(S(=O)(=O)NCC2CCCN2)C1. The first-order chi connectivity index (χ1) is 11.1. The molecule has 1 aliphatic carbocycles. The average Bonchev–Trinajstić information content (AvgIpc) is 3.26. The number of carbonyl (C=O) groups excluding carboxylic acids is 1. The summed E-state index contributed by atoms with van der Waals surface area (Å²) in [5, 5.41) is 2.85. The fraction of sp³-hybridized carbons (Fsp3) is 0.938. The first-order valence-corrected chi connectivity index (χ1v) is 10.6. The third kappa shape index (κ3) is 4.25. The summed E-state index contributed by atoms with van der Waals surface area (Å²) in [5.74, 6) is 0.312. The number of nitrogens with zero attached hydrogens (tertiary/aromatic N) is 1. The summed E-state index contributed by atoms with van der Waals surface area (Å²) in [6.07, 6.45) is 7.77. The Kier molecular flexibility index (Phi) is 5.59. The van der Waals surface area contributed by atoms with E-state index in [1.165, 1.54) is 0 Å². The van der Waals surface area contributed by atoms with Crippen LogP contribution < -0.4 is 10.0 Å². The maximum atomic E-state index is 12.6. The van der Waals surface area contributed by atoms with E-state index < -0.39 is 15.3 Å². The molecule has 3 fully saturated rings. The summed E-state index contributed by atoms with van der Waals surface area (Å²) in [4.78, 5) is 14.3. The number of hydrogen-bond donors (Lipinski definition) is 2. The van der Waals surface area contributed by atoms with Crippen LogP contribution in [0.5, 0.6) is 0 Å². The topological polar surface area (TPSA) is 78.5 Å². The van der Waals surface area contributed by atoms with Crippen molar-refractivity contribution < 1.29 is 13.2 Å². The third-order valence-corrected chi connectivity index (χ3v) is 7.36. The molecule has 0 spiro atoms. The molecule has 23 heavy (non-hydrogen) atoms. The average molecular weight is 343 g/mol. The molecule has 2 heterocycles. The van der Waals surface area contributed by atoms with E-state index in [0.717, 1.165) is 51.5 Å². The minimum absolute atomic E-state index is 0.132. The predicted molar refractivity (Wildman–Crippen MR) is 89.5 cm³/mol. The summed E-state index contributed by atoms with van der Waals surface area (Å²) in [6, 6.07) is 0.254. The van der Waals surface area contributed by atoms with Gasteiger partial charge in [0, 0.05) is 31.6 Å². The summed E-state index contributed by atoms with van der Waals surface area (Å²) >= 11 is 0. The number of sulfonamides is 1. The lowest BCUT2D eigenvalue weighted by molar-refractivity contribution is -0.136. The molecule has 2 saturated heterocycles. The van der Waals surface area contributed by atoms with Crippen molar-refractivity contribution in [3.05, 3.63) is 0 Å². The van der Waals surface area contributed by atoms with E-state index in [0.29, 0.717) is 26.1 Å². The minimum Gasteiger partial charge on any atom is -0.341 e.